The fraction of sp³-hybridized carbons (Fsp3) is 0.900. The van der Waals surface area contributed by atoms with E-state index in [1.54, 1.807) is 0 Å². The van der Waals surface area contributed by atoms with Crippen molar-refractivity contribution in [2.45, 2.75) is 50.7 Å². The highest BCUT2D eigenvalue weighted by molar-refractivity contribution is 6.18. The lowest BCUT2D eigenvalue weighted by Crippen LogP contribution is -2.24. The van der Waals surface area contributed by atoms with Gasteiger partial charge in [0, 0.05) is 5.88 Å². The molecule has 0 radical (unpaired) electrons. The van der Waals surface area contributed by atoms with E-state index in [1.165, 1.54) is 6.42 Å². The fourth-order valence-electron chi connectivity index (χ4n) is 1.66. The molecule has 1 atom stereocenters. The average molecular weight is 221 g/mol. The lowest BCUT2D eigenvalue weighted by Gasteiger charge is -2.22. The van der Waals surface area contributed by atoms with E-state index in [-0.39, 0.29) is 24.4 Å². The topological polar surface area (TPSA) is 46.5 Å². The molecule has 0 heterocycles. The molecule has 1 saturated carbocycles. The molecule has 0 spiro atoms. The molecular formula is C10H17ClO3. The van der Waals surface area contributed by atoms with Crippen LogP contribution in [-0.2, 0) is 9.53 Å². The molecule has 1 fully saturated rings. The van der Waals surface area contributed by atoms with Crippen LogP contribution in [0.4, 0.5) is 0 Å². The van der Waals surface area contributed by atoms with Crippen LogP contribution in [0.15, 0.2) is 0 Å². The van der Waals surface area contributed by atoms with Gasteiger partial charge in [0.15, 0.2) is 0 Å². The Morgan fingerprint density at radius 2 is 2.07 bits per heavy atom. The number of carbonyl (C=O) groups is 1. The van der Waals surface area contributed by atoms with Crippen molar-refractivity contribution in [1.29, 1.82) is 0 Å². The Kier molecular flexibility index (Phi) is 5.26. The Balaban J connectivity index is 2.18. The summed E-state index contributed by atoms with van der Waals surface area (Å²) in [7, 11) is 0. The van der Waals surface area contributed by atoms with Gasteiger partial charge < -0.3 is 9.84 Å². The summed E-state index contributed by atoms with van der Waals surface area (Å²) in [4.78, 5) is 11.2. The van der Waals surface area contributed by atoms with Crippen molar-refractivity contribution in [2.24, 2.45) is 0 Å². The zero-order valence-electron chi connectivity index (χ0n) is 8.25. The van der Waals surface area contributed by atoms with Crippen molar-refractivity contribution in [3.8, 4) is 0 Å². The zero-order chi connectivity index (χ0) is 10.4. The number of carbonyl (C=O) groups excluding carboxylic acids is 1. The average Bonchev–Trinajstić information content (AvgIpc) is 2.19. The lowest BCUT2D eigenvalue weighted by atomic mass is 9.98. The van der Waals surface area contributed by atoms with Crippen LogP contribution in [0.2, 0.25) is 0 Å². The minimum absolute atomic E-state index is 0.0139. The van der Waals surface area contributed by atoms with Crippen molar-refractivity contribution in [1.82, 2.24) is 0 Å². The molecule has 1 aliphatic carbocycles. The Morgan fingerprint density at radius 3 is 2.64 bits per heavy atom. The highest BCUT2D eigenvalue weighted by atomic mass is 35.5. The summed E-state index contributed by atoms with van der Waals surface area (Å²) < 4.78 is 5.21. The van der Waals surface area contributed by atoms with E-state index in [0.717, 1.165) is 25.7 Å². The second-order valence-electron chi connectivity index (χ2n) is 3.76. The molecular weight excluding hydrogens is 204 g/mol. The largest absolute Gasteiger partial charge is 0.462 e. The number of hydrogen-bond donors (Lipinski definition) is 1. The normalized spacial score (nSPS) is 20.4. The minimum Gasteiger partial charge on any atom is -0.462 e. The monoisotopic (exact) mass is 220 g/mol. The Labute approximate surface area is 89.4 Å². The van der Waals surface area contributed by atoms with Crippen molar-refractivity contribution < 1.29 is 14.6 Å². The molecule has 0 aromatic heterocycles. The number of halogens is 1. The van der Waals surface area contributed by atoms with Crippen molar-refractivity contribution in [2.75, 3.05) is 5.88 Å². The fourth-order valence-corrected chi connectivity index (χ4v) is 1.77. The van der Waals surface area contributed by atoms with Crippen LogP contribution >= 0.6 is 11.6 Å². The first-order valence-corrected chi connectivity index (χ1v) is 5.69. The van der Waals surface area contributed by atoms with Crippen LogP contribution in [0.1, 0.15) is 38.5 Å². The number of ether oxygens (including phenoxy) is 1. The van der Waals surface area contributed by atoms with Gasteiger partial charge in [-0.15, -0.1) is 11.6 Å². The molecule has 14 heavy (non-hydrogen) atoms. The van der Waals surface area contributed by atoms with Crippen LogP contribution in [-0.4, -0.2) is 29.2 Å². The van der Waals surface area contributed by atoms with Gasteiger partial charge >= 0.3 is 5.97 Å². The number of aliphatic hydroxyl groups excluding tert-OH is 1. The maximum absolute atomic E-state index is 11.2. The second-order valence-corrected chi connectivity index (χ2v) is 4.07. The van der Waals surface area contributed by atoms with E-state index in [4.69, 9.17) is 21.4 Å². The molecule has 1 N–H and O–H groups in total. The number of aliphatic hydroxyl groups is 1. The number of hydrogen-bond acceptors (Lipinski definition) is 3. The molecule has 3 nitrogen and oxygen atoms in total. The molecule has 1 aliphatic rings. The van der Waals surface area contributed by atoms with E-state index in [0.29, 0.717) is 0 Å². The van der Waals surface area contributed by atoms with E-state index in [9.17, 15) is 4.79 Å². The Morgan fingerprint density at radius 1 is 1.43 bits per heavy atom. The van der Waals surface area contributed by atoms with Gasteiger partial charge in [0.1, 0.15) is 6.10 Å². The van der Waals surface area contributed by atoms with Gasteiger partial charge in [0.2, 0.25) is 0 Å². The first kappa shape index (κ1) is 11.8. The predicted octanol–water partition coefficient (Wildman–Crippen LogP) is 1.85. The summed E-state index contributed by atoms with van der Waals surface area (Å²) >= 11 is 5.38. The van der Waals surface area contributed by atoms with Crippen LogP contribution in [0.3, 0.4) is 0 Å². The van der Waals surface area contributed by atoms with Crippen LogP contribution in [0.25, 0.3) is 0 Å². The molecule has 0 unspecified atom stereocenters. The molecule has 1 rings (SSSR count). The number of alkyl halides is 1. The highest BCUT2D eigenvalue weighted by Crippen LogP contribution is 2.20. The van der Waals surface area contributed by atoms with Gasteiger partial charge in [-0.25, -0.2) is 0 Å². The molecule has 0 aliphatic heterocycles. The molecule has 0 bridgehead atoms. The molecule has 0 aromatic carbocycles. The van der Waals surface area contributed by atoms with Gasteiger partial charge in [0.25, 0.3) is 0 Å². The summed E-state index contributed by atoms with van der Waals surface area (Å²) in [5.41, 5.74) is 0. The maximum Gasteiger partial charge on any atom is 0.308 e. The SMILES string of the molecule is O=C(C[C@@H](O)CCl)OC1CCCCC1. The van der Waals surface area contributed by atoms with Gasteiger partial charge in [-0.05, 0) is 25.7 Å². The highest BCUT2D eigenvalue weighted by Gasteiger charge is 2.19. The maximum atomic E-state index is 11.2. The smallest absolute Gasteiger partial charge is 0.308 e. The van der Waals surface area contributed by atoms with E-state index in [2.05, 4.69) is 0 Å². The quantitative estimate of drug-likeness (QED) is 0.581. The molecule has 4 heteroatoms. The van der Waals surface area contributed by atoms with Crippen LogP contribution < -0.4 is 0 Å². The third-order valence-electron chi connectivity index (χ3n) is 2.43. The van der Waals surface area contributed by atoms with E-state index >= 15 is 0 Å². The lowest BCUT2D eigenvalue weighted by molar-refractivity contribution is -0.152. The number of rotatable bonds is 4. The Hall–Kier alpha value is -0.280. The number of esters is 1. The molecule has 0 amide bonds. The standard InChI is InChI=1S/C10H17ClO3/c11-7-8(12)6-10(13)14-9-4-2-1-3-5-9/h8-9,12H,1-7H2/t8-/m1/s1. The second kappa shape index (κ2) is 6.25. The van der Waals surface area contributed by atoms with E-state index in [1.807, 2.05) is 0 Å². The molecule has 0 saturated heterocycles. The molecule has 0 aromatic rings. The summed E-state index contributed by atoms with van der Waals surface area (Å²) in [6.45, 7) is 0. The van der Waals surface area contributed by atoms with Gasteiger partial charge in [-0.2, -0.15) is 0 Å². The molecule has 82 valence electrons. The third kappa shape index (κ3) is 4.29. The first-order valence-electron chi connectivity index (χ1n) is 5.16. The van der Waals surface area contributed by atoms with Crippen molar-refractivity contribution in [3.05, 3.63) is 0 Å². The minimum atomic E-state index is -0.771. The Bertz CT molecular complexity index is 178. The first-order chi connectivity index (χ1) is 6.72. The van der Waals surface area contributed by atoms with Crippen molar-refractivity contribution >= 4 is 17.6 Å². The summed E-state index contributed by atoms with van der Waals surface area (Å²) in [5.74, 6) is -0.246. The van der Waals surface area contributed by atoms with Gasteiger partial charge in [-0.3, -0.25) is 4.79 Å². The van der Waals surface area contributed by atoms with Gasteiger partial charge in [0.05, 0.1) is 12.5 Å². The van der Waals surface area contributed by atoms with Gasteiger partial charge in [-0.1, -0.05) is 6.42 Å². The predicted molar refractivity (Wildman–Crippen MR) is 54.3 cm³/mol. The van der Waals surface area contributed by atoms with Crippen LogP contribution in [0.5, 0.6) is 0 Å². The van der Waals surface area contributed by atoms with Crippen molar-refractivity contribution in [3.63, 3.8) is 0 Å². The summed E-state index contributed by atoms with van der Waals surface area (Å²) in [6.07, 6.45) is 4.74. The van der Waals surface area contributed by atoms with Crippen LogP contribution in [0, 0.1) is 0 Å². The summed E-state index contributed by atoms with van der Waals surface area (Å²) in [5, 5.41) is 9.13. The van der Waals surface area contributed by atoms with E-state index < -0.39 is 6.10 Å². The zero-order valence-corrected chi connectivity index (χ0v) is 9.00. The third-order valence-corrected chi connectivity index (χ3v) is 2.79. The summed E-state index contributed by atoms with van der Waals surface area (Å²) in [6, 6.07) is 0.